The normalized spacial score (nSPS) is 31.9. The first-order chi connectivity index (χ1) is 7.57. The maximum absolute atomic E-state index is 10.5. The molecule has 2 rings (SSSR count). The van der Waals surface area contributed by atoms with E-state index in [0.717, 1.165) is 28.5 Å². The van der Waals surface area contributed by atoms with Crippen molar-refractivity contribution in [3.05, 3.63) is 21.3 Å². The van der Waals surface area contributed by atoms with Crippen molar-refractivity contribution in [3.8, 4) is 0 Å². The fourth-order valence-electron chi connectivity index (χ4n) is 2.75. The average Bonchev–Trinajstić information content (AvgIpc) is 2.85. The molecule has 1 aliphatic rings. The molecule has 4 heteroatoms. The highest BCUT2D eigenvalue weighted by Crippen LogP contribution is 2.50. The van der Waals surface area contributed by atoms with Crippen molar-refractivity contribution in [3.63, 3.8) is 0 Å². The van der Waals surface area contributed by atoms with Crippen LogP contribution in [0.2, 0.25) is 4.34 Å². The summed E-state index contributed by atoms with van der Waals surface area (Å²) in [7, 11) is 0. The van der Waals surface area contributed by atoms with E-state index in [4.69, 9.17) is 17.3 Å². The van der Waals surface area contributed by atoms with Crippen LogP contribution in [0.1, 0.15) is 37.2 Å². The van der Waals surface area contributed by atoms with Crippen molar-refractivity contribution in [1.82, 2.24) is 0 Å². The molecule has 0 bridgehead atoms. The summed E-state index contributed by atoms with van der Waals surface area (Å²) in [5.74, 6) is 0.661. The third-order valence-electron chi connectivity index (χ3n) is 3.74. The summed E-state index contributed by atoms with van der Waals surface area (Å²) < 4.78 is 0.729. The number of thiophene rings is 1. The van der Waals surface area contributed by atoms with Crippen LogP contribution in [-0.4, -0.2) is 11.7 Å². The Morgan fingerprint density at radius 1 is 1.69 bits per heavy atom. The van der Waals surface area contributed by atoms with Crippen LogP contribution in [0.4, 0.5) is 0 Å². The van der Waals surface area contributed by atoms with E-state index in [9.17, 15) is 5.11 Å². The fraction of sp³-hybridized carbons (Fsp3) is 0.667. The molecule has 3 unspecified atom stereocenters. The standard InChI is InChI=1S/C12H18ClNOS/c1-8-4-5-12(6-8,7-14)11(15)9-2-3-10(13)16-9/h2-3,8,11,15H,4-7,14H2,1H3. The van der Waals surface area contributed by atoms with Crippen LogP contribution in [0.25, 0.3) is 0 Å². The van der Waals surface area contributed by atoms with E-state index in [1.165, 1.54) is 11.3 Å². The largest absolute Gasteiger partial charge is 0.387 e. The van der Waals surface area contributed by atoms with E-state index in [1.54, 1.807) is 0 Å². The van der Waals surface area contributed by atoms with Gasteiger partial charge in [-0.2, -0.15) is 0 Å². The molecule has 0 aliphatic heterocycles. The Morgan fingerprint density at radius 3 is 2.88 bits per heavy atom. The van der Waals surface area contributed by atoms with Gasteiger partial charge in [-0.3, -0.25) is 0 Å². The Labute approximate surface area is 105 Å². The van der Waals surface area contributed by atoms with Gasteiger partial charge in [0.1, 0.15) is 0 Å². The quantitative estimate of drug-likeness (QED) is 0.876. The molecule has 1 heterocycles. The minimum atomic E-state index is -0.458. The average molecular weight is 260 g/mol. The van der Waals surface area contributed by atoms with Crippen molar-refractivity contribution in [2.75, 3.05) is 6.54 Å². The zero-order valence-electron chi connectivity index (χ0n) is 9.45. The molecule has 0 spiro atoms. The number of hydrogen-bond acceptors (Lipinski definition) is 3. The first kappa shape index (κ1) is 12.4. The Morgan fingerprint density at radius 2 is 2.44 bits per heavy atom. The summed E-state index contributed by atoms with van der Waals surface area (Å²) in [6.45, 7) is 2.78. The van der Waals surface area contributed by atoms with Crippen LogP contribution in [0, 0.1) is 11.3 Å². The minimum Gasteiger partial charge on any atom is -0.387 e. The van der Waals surface area contributed by atoms with E-state index in [2.05, 4.69) is 6.92 Å². The summed E-state index contributed by atoms with van der Waals surface area (Å²) in [6, 6.07) is 3.76. The molecule has 0 aromatic carbocycles. The van der Waals surface area contributed by atoms with Gasteiger partial charge in [-0.1, -0.05) is 24.9 Å². The maximum Gasteiger partial charge on any atom is 0.0950 e. The second-order valence-electron chi connectivity index (χ2n) is 4.96. The smallest absolute Gasteiger partial charge is 0.0950 e. The predicted molar refractivity (Wildman–Crippen MR) is 68.8 cm³/mol. The molecule has 90 valence electrons. The zero-order chi connectivity index (χ0) is 11.8. The molecule has 2 nitrogen and oxygen atoms in total. The molecular formula is C12H18ClNOS. The van der Waals surface area contributed by atoms with Gasteiger partial charge in [-0.15, -0.1) is 11.3 Å². The zero-order valence-corrected chi connectivity index (χ0v) is 11.0. The molecule has 1 saturated carbocycles. The van der Waals surface area contributed by atoms with Gasteiger partial charge in [0.05, 0.1) is 10.4 Å². The molecule has 1 aliphatic carbocycles. The number of aliphatic hydroxyl groups excluding tert-OH is 1. The second-order valence-corrected chi connectivity index (χ2v) is 6.71. The van der Waals surface area contributed by atoms with Gasteiger partial charge in [0.25, 0.3) is 0 Å². The van der Waals surface area contributed by atoms with Crippen molar-refractivity contribution >= 4 is 22.9 Å². The first-order valence-corrected chi connectivity index (χ1v) is 6.90. The highest BCUT2D eigenvalue weighted by molar-refractivity contribution is 7.16. The Balaban J connectivity index is 2.22. The Bertz CT molecular complexity index is 368. The lowest BCUT2D eigenvalue weighted by Crippen LogP contribution is -2.34. The molecule has 0 amide bonds. The van der Waals surface area contributed by atoms with Crippen LogP contribution >= 0.6 is 22.9 Å². The van der Waals surface area contributed by atoms with Gasteiger partial charge in [0, 0.05) is 16.8 Å². The third-order valence-corrected chi connectivity index (χ3v) is 5.02. The topological polar surface area (TPSA) is 46.2 Å². The van der Waals surface area contributed by atoms with Crippen LogP contribution < -0.4 is 5.73 Å². The molecular weight excluding hydrogens is 242 g/mol. The molecule has 16 heavy (non-hydrogen) atoms. The van der Waals surface area contributed by atoms with Crippen LogP contribution in [0.15, 0.2) is 12.1 Å². The molecule has 0 radical (unpaired) electrons. The lowest BCUT2D eigenvalue weighted by molar-refractivity contribution is 0.0336. The van der Waals surface area contributed by atoms with Crippen molar-refractivity contribution in [2.45, 2.75) is 32.3 Å². The Kier molecular flexibility index (Phi) is 3.59. The van der Waals surface area contributed by atoms with Crippen LogP contribution in [-0.2, 0) is 0 Å². The van der Waals surface area contributed by atoms with E-state index in [1.807, 2.05) is 12.1 Å². The summed E-state index contributed by atoms with van der Waals surface area (Å²) >= 11 is 7.36. The van der Waals surface area contributed by atoms with E-state index in [-0.39, 0.29) is 5.41 Å². The summed E-state index contributed by atoms with van der Waals surface area (Å²) in [6.07, 6.45) is 2.73. The Hall–Kier alpha value is -0.0900. The summed E-state index contributed by atoms with van der Waals surface area (Å²) in [5.41, 5.74) is 5.76. The molecule has 1 fully saturated rings. The maximum atomic E-state index is 10.5. The van der Waals surface area contributed by atoms with Crippen molar-refractivity contribution < 1.29 is 5.11 Å². The van der Waals surface area contributed by atoms with Gasteiger partial charge in [0.2, 0.25) is 0 Å². The van der Waals surface area contributed by atoms with Crippen LogP contribution in [0.3, 0.4) is 0 Å². The number of rotatable bonds is 3. The molecule has 3 N–H and O–H groups in total. The lowest BCUT2D eigenvalue weighted by Gasteiger charge is -2.32. The van der Waals surface area contributed by atoms with Gasteiger partial charge >= 0.3 is 0 Å². The first-order valence-electron chi connectivity index (χ1n) is 5.71. The number of halogens is 1. The predicted octanol–water partition coefficient (Wildman–Crippen LogP) is 3.20. The molecule has 3 atom stereocenters. The molecule has 1 aromatic rings. The number of aliphatic hydroxyl groups is 1. The van der Waals surface area contributed by atoms with E-state index in [0.29, 0.717) is 12.5 Å². The minimum absolute atomic E-state index is 0.131. The van der Waals surface area contributed by atoms with Crippen molar-refractivity contribution in [1.29, 1.82) is 0 Å². The lowest BCUT2D eigenvalue weighted by atomic mass is 9.79. The third kappa shape index (κ3) is 2.14. The summed E-state index contributed by atoms with van der Waals surface area (Å²) in [4.78, 5) is 0.949. The highest BCUT2D eigenvalue weighted by atomic mass is 35.5. The number of hydrogen-bond donors (Lipinski definition) is 2. The van der Waals surface area contributed by atoms with Crippen LogP contribution in [0.5, 0.6) is 0 Å². The monoisotopic (exact) mass is 259 g/mol. The highest BCUT2D eigenvalue weighted by Gasteiger charge is 2.43. The molecule has 1 aromatic heterocycles. The fourth-order valence-corrected chi connectivity index (χ4v) is 3.94. The van der Waals surface area contributed by atoms with Gasteiger partial charge in [-0.05, 0) is 30.9 Å². The van der Waals surface area contributed by atoms with Crippen molar-refractivity contribution in [2.24, 2.45) is 17.1 Å². The van der Waals surface area contributed by atoms with E-state index < -0.39 is 6.10 Å². The summed E-state index contributed by atoms with van der Waals surface area (Å²) in [5, 5.41) is 10.5. The van der Waals surface area contributed by atoms with Gasteiger partial charge < -0.3 is 10.8 Å². The second kappa shape index (κ2) is 4.65. The van der Waals surface area contributed by atoms with Gasteiger partial charge in [-0.25, -0.2) is 0 Å². The van der Waals surface area contributed by atoms with Gasteiger partial charge in [0.15, 0.2) is 0 Å². The number of nitrogens with two attached hydrogens (primary N) is 1. The van der Waals surface area contributed by atoms with E-state index >= 15 is 0 Å². The SMILES string of the molecule is CC1CCC(CN)(C(O)c2ccc(Cl)s2)C1. The molecule has 0 saturated heterocycles.